The number of ether oxygens (including phenoxy) is 1. The average molecular weight is 446 g/mol. The van der Waals surface area contributed by atoms with Crippen LogP contribution in [0.25, 0.3) is 0 Å². The number of piperazine rings is 1. The van der Waals surface area contributed by atoms with Crippen molar-refractivity contribution in [1.29, 1.82) is 0 Å². The Balaban J connectivity index is 1.49. The molecule has 1 aromatic heterocycles. The van der Waals surface area contributed by atoms with Crippen LogP contribution < -0.4 is 9.64 Å². The maximum absolute atomic E-state index is 14.0. The number of halogens is 2. The van der Waals surface area contributed by atoms with Crippen molar-refractivity contribution in [3.63, 3.8) is 0 Å². The predicted octanol–water partition coefficient (Wildman–Crippen LogP) is 3.37. The van der Waals surface area contributed by atoms with Crippen molar-refractivity contribution in [3.8, 4) is 11.6 Å². The molecule has 7 nitrogen and oxygen atoms in total. The Labute approximate surface area is 179 Å². The lowest BCUT2D eigenvalue weighted by molar-refractivity contribution is 0.380. The zero-order valence-electron chi connectivity index (χ0n) is 16.7. The first-order valence-electron chi connectivity index (χ1n) is 9.62. The Bertz CT molecular complexity index is 1180. The number of rotatable bonds is 5. The van der Waals surface area contributed by atoms with Gasteiger partial charge in [0.25, 0.3) is 0 Å². The van der Waals surface area contributed by atoms with Crippen LogP contribution in [0.15, 0.2) is 59.5 Å². The first-order chi connectivity index (χ1) is 14.8. The first kappa shape index (κ1) is 21.1. The second kappa shape index (κ2) is 8.56. The van der Waals surface area contributed by atoms with Gasteiger partial charge in [0.05, 0.1) is 0 Å². The van der Waals surface area contributed by atoms with Gasteiger partial charge in [0.1, 0.15) is 33.9 Å². The van der Waals surface area contributed by atoms with E-state index in [4.69, 9.17) is 4.74 Å². The standard InChI is InChI=1S/C21H20F2N4O3S/c1-15-24-20(14-21(25-15)30-17-5-3-2-4-6-17)26-9-11-27(12-10-26)31(28,29)19-13-16(22)7-8-18(19)23/h2-8,13-14H,9-12H2,1H3. The zero-order valence-corrected chi connectivity index (χ0v) is 17.5. The molecule has 2 aromatic carbocycles. The van der Waals surface area contributed by atoms with Crippen molar-refractivity contribution >= 4 is 15.8 Å². The Kier molecular flexibility index (Phi) is 5.84. The molecule has 31 heavy (non-hydrogen) atoms. The molecule has 3 aromatic rings. The number of aromatic nitrogens is 2. The van der Waals surface area contributed by atoms with E-state index < -0.39 is 26.6 Å². The van der Waals surface area contributed by atoms with E-state index in [1.54, 1.807) is 13.0 Å². The fraction of sp³-hybridized carbons (Fsp3) is 0.238. The predicted molar refractivity (Wildman–Crippen MR) is 111 cm³/mol. The molecule has 162 valence electrons. The molecule has 0 bridgehead atoms. The fourth-order valence-corrected chi connectivity index (χ4v) is 4.82. The number of hydrogen-bond donors (Lipinski definition) is 0. The van der Waals surface area contributed by atoms with Crippen molar-refractivity contribution in [2.45, 2.75) is 11.8 Å². The van der Waals surface area contributed by atoms with Crippen LogP contribution in [0.3, 0.4) is 0 Å². The summed E-state index contributed by atoms with van der Waals surface area (Å²) >= 11 is 0. The van der Waals surface area contributed by atoms with Crippen LogP contribution in [0.4, 0.5) is 14.6 Å². The number of hydrogen-bond acceptors (Lipinski definition) is 6. The highest BCUT2D eigenvalue weighted by molar-refractivity contribution is 7.89. The minimum atomic E-state index is -4.14. The summed E-state index contributed by atoms with van der Waals surface area (Å²) in [4.78, 5) is 9.97. The molecule has 10 heteroatoms. The van der Waals surface area contributed by atoms with Gasteiger partial charge in [0.15, 0.2) is 0 Å². The molecule has 0 aliphatic carbocycles. The SMILES string of the molecule is Cc1nc(Oc2ccccc2)cc(N2CCN(S(=O)(=O)c3cc(F)ccc3F)CC2)n1. The van der Waals surface area contributed by atoms with Gasteiger partial charge < -0.3 is 9.64 Å². The van der Waals surface area contributed by atoms with Gasteiger partial charge in [-0.1, -0.05) is 18.2 Å². The van der Waals surface area contributed by atoms with Gasteiger partial charge in [-0.2, -0.15) is 9.29 Å². The number of para-hydroxylation sites is 1. The molecule has 0 spiro atoms. The first-order valence-corrected chi connectivity index (χ1v) is 11.1. The van der Waals surface area contributed by atoms with E-state index in [0.717, 1.165) is 16.4 Å². The molecule has 1 aliphatic rings. The number of sulfonamides is 1. The molecule has 0 atom stereocenters. The van der Waals surface area contributed by atoms with E-state index in [0.29, 0.717) is 42.4 Å². The molecular formula is C21H20F2N4O3S. The number of benzene rings is 2. The van der Waals surface area contributed by atoms with Crippen LogP contribution in [0.5, 0.6) is 11.6 Å². The molecule has 0 radical (unpaired) electrons. The largest absolute Gasteiger partial charge is 0.439 e. The molecule has 4 rings (SSSR count). The minimum absolute atomic E-state index is 0.107. The lowest BCUT2D eigenvalue weighted by Gasteiger charge is -2.34. The Morgan fingerprint density at radius 1 is 0.935 bits per heavy atom. The molecule has 1 fully saturated rings. The van der Waals surface area contributed by atoms with Gasteiger partial charge in [-0.3, -0.25) is 0 Å². The van der Waals surface area contributed by atoms with Gasteiger partial charge in [-0.05, 0) is 37.3 Å². The Morgan fingerprint density at radius 2 is 1.65 bits per heavy atom. The third-order valence-corrected chi connectivity index (χ3v) is 6.75. The van der Waals surface area contributed by atoms with Crippen LogP contribution in [-0.4, -0.2) is 48.9 Å². The summed E-state index contributed by atoms with van der Waals surface area (Å²) < 4.78 is 60.0. The summed E-state index contributed by atoms with van der Waals surface area (Å²) in [5.74, 6) is 0.358. The highest BCUT2D eigenvalue weighted by Gasteiger charge is 2.31. The molecule has 2 heterocycles. The van der Waals surface area contributed by atoms with Crippen molar-refractivity contribution in [3.05, 3.63) is 72.1 Å². The maximum atomic E-state index is 14.0. The van der Waals surface area contributed by atoms with Crippen molar-refractivity contribution in [1.82, 2.24) is 14.3 Å². The van der Waals surface area contributed by atoms with Crippen molar-refractivity contribution < 1.29 is 21.9 Å². The van der Waals surface area contributed by atoms with E-state index in [9.17, 15) is 17.2 Å². The van der Waals surface area contributed by atoms with Crippen LogP contribution in [0.1, 0.15) is 5.82 Å². The maximum Gasteiger partial charge on any atom is 0.246 e. The number of nitrogens with zero attached hydrogens (tertiary/aromatic N) is 4. The molecule has 0 N–H and O–H groups in total. The topological polar surface area (TPSA) is 75.6 Å². The van der Waals surface area contributed by atoms with E-state index in [1.165, 1.54) is 0 Å². The number of anilines is 1. The Morgan fingerprint density at radius 3 is 2.35 bits per heavy atom. The van der Waals surface area contributed by atoms with Crippen LogP contribution >= 0.6 is 0 Å². The lowest BCUT2D eigenvalue weighted by atomic mass is 10.3. The van der Waals surface area contributed by atoms with Crippen molar-refractivity contribution in [2.75, 3.05) is 31.1 Å². The average Bonchev–Trinajstić information content (AvgIpc) is 2.76. The van der Waals surface area contributed by atoms with E-state index in [2.05, 4.69) is 9.97 Å². The summed E-state index contributed by atoms with van der Waals surface area (Å²) in [6.07, 6.45) is 0. The van der Waals surface area contributed by atoms with Crippen molar-refractivity contribution in [2.24, 2.45) is 0 Å². The molecule has 0 amide bonds. The van der Waals surface area contributed by atoms with E-state index in [-0.39, 0.29) is 13.1 Å². The second-order valence-electron chi connectivity index (χ2n) is 6.99. The normalized spacial score (nSPS) is 15.1. The van der Waals surface area contributed by atoms with Crippen LogP contribution in [0, 0.1) is 18.6 Å². The van der Waals surface area contributed by atoms with Crippen LogP contribution in [-0.2, 0) is 10.0 Å². The summed E-state index contributed by atoms with van der Waals surface area (Å²) in [5, 5.41) is 0. The van der Waals surface area contributed by atoms with Gasteiger partial charge >= 0.3 is 0 Å². The lowest BCUT2D eigenvalue weighted by Crippen LogP contribution is -2.49. The monoisotopic (exact) mass is 446 g/mol. The molecular weight excluding hydrogens is 426 g/mol. The third-order valence-electron chi connectivity index (χ3n) is 4.84. The summed E-state index contributed by atoms with van der Waals surface area (Å²) in [6.45, 7) is 2.62. The van der Waals surface area contributed by atoms with Gasteiger partial charge in [-0.25, -0.2) is 22.2 Å². The molecule has 1 saturated heterocycles. The van der Waals surface area contributed by atoms with Gasteiger partial charge in [-0.15, -0.1) is 0 Å². The fourth-order valence-electron chi connectivity index (χ4n) is 3.32. The number of aryl methyl sites for hydroxylation is 1. The smallest absolute Gasteiger partial charge is 0.246 e. The molecule has 0 saturated carbocycles. The minimum Gasteiger partial charge on any atom is -0.439 e. The Hall–Kier alpha value is -3.11. The highest BCUT2D eigenvalue weighted by Crippen LogP contribution is 2.26. The quantitative estimate of drug-likeness (QED) is 0.598. The molecule has 1 aliphatic heterocycles. The summed E-state index contributed by atoms with van der Waals surface area (Å²) in [6, 6.07) is 13.3. The van der Waals surface area contributed by atoms with Gasteiger partial charge in [0.2, 0.25) is 15.9 Å². The zero-order chi connectivity index (χ0) is 22.0. The summed E-state index contributed by atoms with van der Waals surface area (Å²) in [5.41, 5.74) is 0. The van der Waals surface area contributed by atoms with Gasteiger partial charge in [0, 0.05) is 32.2 Å². The van der Waals surface area contributed by atoms with E-state index in [1.807, 2.05) is 35.2 Å². The third kappa shape index (κ3) is 4.64. The summed E-state index contributed by atoms with van der Waals surface area (Å²) in [7, 11) is -4.14. The van der Waals surface area contributed by atoms with Crippen LogP contribution in [0.2, 0.25) is 0 Å². The second-order valence-corrected chi connectivity index (χ2v) is 8.90. The van der Waals surface area contributed by atoms with E-state index >= 15 is 0 Å². The highest BCUT2D eigenvalue weighted by atomic mass is 32.2. The molecule has 0 unspecified atom stereocenters.